The van der Waals surface area contributed by atoms with Crippen molar-refractivity contribution < 1.29 is 24.9 Å². The lowest BCUT2D eigenvalue weighted by atomic mass is 9.70. The minimum absolute atomic E-state index is 0.0729. The van der Waals surface area contributed by atoms with Gasteiger partial charge in [0.05, 0.1) is 11.7 Å². The van der Waals surface area contributed by atoms with Crippen LogP contribution < -0.4 is 4.74 Å². The predicted octanol–water partition coefficient (Wildman–Crippen LogP) is 5.94. The molecular formula is C30H40O5. The Kier molecular flexibility index (Phi) is 8.79. The Bertz CT molecular complexity index is 1050. The standard InChI is InChI=1S/C30H40O5/c1-5-30(6-2,24-9-8-23(21(3)18-24)14-17-29(34)15-7-16-29)25-10-12-27(22(4)19-25)35-20-26(31)11-13-28(32)33/h8-10,12,14,17-19,26,31,34H,5-7,11,13,15-16,20H2,1-4H3,(H,32,33)/b17-14+/t26-/m0/s1. The third kappa shape index (κ3) is 6.33. The van der Waals surface area contributed by atoms with Crippen LogP contribution in [0.25, 0.3) is 6.08 Å². The van der Waals surface area contributed by atoms with Gasteiger partial charge in [0.25, 0.3) is 0 Å². The van der Waals surface area contributed by atoms with Crippen LogP contribution in [0.1, 0.15) is 86.6 Å². The Morgan fingerprint density at radius 3 is 2.23 bits per heavy atom. The summed E-state index contributed by atoms with van der Waals surface area (Å²) in [5.41, 5.74) is 5.06. The van der Waals surface area contributed by atoms with Crippen molar-refractivity contribution in [3.63, 3.8) is 0 Å². The highest BCUT2D eigenvalue weighted by molar-refractivity contribution is 5.66. The van der Waals surface area contributed by atoms with Gasteiger partial charge >= 0.3 is 5.97 Å². The first kappa shape index (κ1) is 27.0. The molecule has 35 heavy (non-hydrogen) atoms. The highest BCUT2D eigenvalue weighted by Gasteiger charge is 2.32. The van der Waals surface area contributed by atoms with Crippen molar-refractivity contribution in [3.8, 4) is 5.75 Å². The van der Waals surface area contributed by atoms with Crippen LogP contribution in [0.3, 0.4) is 0 Å². The molecule has 2 aromatic carbocycles. The van der Waals surface area contributed by atoms with Crippen LogP contribution in [-0.4, -0.2) is 39.6 Å². The van der Waals surface area contributed by atoms with Crippen LogP contribution in [0.15, 0.2) is 42.5 Å². The average Bonchev–Trinajstić information content (AvgIpc) is 2.81. The molecule has 190 valence electrons. The van der Waals surface area contributed by atoms with E-state index in [1.54, 1.807) is 0 Å². The predicted molar refractivity (Wildman–Crippen MR) is 140 cm³/mol. The van der Waals surface area contributed by atoms with Crippen LogP contribution in [0.2, 0.25) is 0 Å². The van der Waals surface area contributed by atoms with Crippen molar-refractivity contribution in [1.82, 2.24) is 0 Å². The molecule has 1 aliphatic rings. The molecule has 0 aliphatic heterocycles. The first-order valence-electron chi connectivity index (χ1n) is 12.8. The largest absolute Gasteiger partial charge is 0.491 e. The monoisotopic (exact) mass is 480 g/mol. The summed E-state index contributed by atoms with van der Waals surface area (Å²) in [4.78, 5) is 10.7. The fourth-order valence-electron chi connectivity index (χ4n) is 5.01. The van der Waals surface area contributed by atoms with Crippen molar-refractivity contribution in [3.05, 3.63) is 70.3 Å². The third-order valence-corrected chi connectivity index (χ3v) is 7.67. The smallest absolute Gasteiger partial charge is 0.303 e. The number of carbonyl (C=O) groups is 1. The van der Waals surface area contributed by atoms with Crippen LogP contribution in [0.4, 0.5) is 0 Å². The fourth-order valence-corrected chi connectivity index (χ4v) is 5.01. The third-order valence-electron chi connectivity index (χ3n) is 7.67. The van der Waals surface area contributed by atoms with Gasteiger partial charge in [0.15, 0.2) is 0 Å². The first-order chi connectivity index (χ1) is 16.6. The van der Waals surface area contributed by atoms with Crippen molar-refractivity contribution in [2.24, 2.45) is 0 Å². The molecule has 1 atom stereocenters. The molecule has 1 fully saturated rings. The Balaban J connectivity index is 1.80. The molecule has 5 nitrogen and oxygen atoms in total. The van der Waals surface area contributed by atoms with E-state index in [9.17, 15) is 15.0 Å². The first-order valence-corrected chi connectivity index (χ1v) is 12.8. The summed E-state index contributed by atoms with van der Waals surface area (Å²) in [7, 11) is 0. The van der Waals surface area contributed by atoms with Gasteiger partial charge in [-0.05, 0) is 86.3 Å². The van der Waals surface area contributed by atoms with Crippen molar-refractivity contribution in [1.29, 1.82) is 0 Å². The molecule has 0 amide bonds. The van der Waals surface area contributed by atoms with E-state index in [-0.39, 0.29) is 24.9 Å². The van der Waals surface area contributed by atoms with E-state index in [0.29, 0.717) is 5.75 Å². The minimum Gasteiger partial charge on any atom is -0.491 e. The van der Waals surface area contributed by atoms with E-state index in [0.717, 1.165) is 43.2 Å². The van der Waals surface area contributed by atoms with E-state index < -0.39 is 17.7 Å². The molecule has 0 spiro atoms. The highest BCUT2D eigenvalue weighted by Crippen LogP contribution is 2.41. The zero-order chi connectivity index (χ0) is 25.6. The second-order valence-electron chi connectivity index (χ2n) is 10.0. The number of benzene rings is 2. The second kappa shape index (κ2) is 11.4. The number of carboxylic acid groups (broad SMARTS) is 1. The van der Waals surface area contributed by atoms with Gasteiger partial charge in [-0.3, -0.25) is 4.79 Å². The van der Waals surface area contributed by atoms with Crippen molar-refractivity contribution in [2.45, 2.75) is 89.8 Å². The summed E-state index contributed by atoms with van der Waals surface area (Å²) in [6.45, 7) is 8.64. The molecule has 1 aliphatic carbocycles. The van der Waals surface area contributed by atoms with Crippen molar-refractivity contribution >= 4 is 12.0 Å². The number of aliphatic hydroxyl groups is 2. The zero-order valence-electron chi connectivity index (χ0n) is 21.5. The molecule has 0 unspecified atom stereocenters. The highest BCUT2D eigenvalue weighted by atomic mass is 16.5. The number of aryl methyl sites for hydroxylation is 2. The molecule has 0 heterocycles. The summed E-state index contributed by atoms with van der Waals surface area (Å²) >= 11 is 0. The van der Waals surface area contributed by atoms with Gasteiger partial charge in [-0.1, -0.05) is 56.3 Å². The topological polar surface area (TPSA) is 87.0 Å². The summed E-state index contributed by atoms with van der Waals surface area (Å²) in [5.74, 6) is -0.218. The SMILES string of the molecule is CCC(CC)(c1ccc(/C=C/C2(O)CCC2)c(C)c1)c1ccc(OC[C@@H](O)CCC(=O)O)c(C)c1. The fraction of sp³-hybridized carbons (Fsp3) is 0.500. The number of aliphatic carboxylic acids is 1. The molecule has 5 heteroatoms. The van der Waals surface area contributed by atoms with Gasteiger partial charge in [-0.2, -0.15) is 0 Å². The van der Waals surface area contributed by atoms with Crippen LogP contribution in [0, 0.1) is 13.8 Å². The zero-order valence-corrected chi connectivity index (χ0v) is 21.5. The number of ether oxygens (including phenoxy) is 1. The molecule has 3 rings (SSSR count). The summed E-state index contributed by atoms with van der Waals surface area (Å²) < 4.78 is 5.80. The second-order valence-corrected chi connectivity index (χ2v) is 10.0. The number of hydrogen-bond donors (Lipinski definition) is 3. The quantitative estimate of drug-likeness (QED) is 0.350. The molecular weight excluding hydrogens is 440 g/mol. The summed E-state index contributed by atoms with van der Waals surface area (Å²) in [6, 6.07) is 12.9. The lowest BCUT2D eigenvalue weighted by Gasteiger charge is -2.34. The number of aliphatic hydroxyl groups excluding tert-OH is 1. The van der Waals surface area contributed by atoms with Crippen molar-refractivity contribution in [2.75, 3.05) is 6.61 Å². The molecule has 0 aromatic heterocycles. The van der Waals surface area contributed by atoms with E-state index in [1.165, 1.54) is 16.7 Å². The number of carboxylic acids is 1. The average molecular weight is 481 g/mol. The summed E-state index contributed by atoms with van der Waals surface area (Å²) in [5, 5.41) is 29.2. The normalized spacial score (nSPS) is 16.2. The van der Waals surface area contributed by atoms with E-state index >= 15 is 0 Å². The van der Waals surface area contributed by atoms with Gasteiger partial charge in [-0.15, -0.1) is 0 Å². The van der Waals surface area contributed by atoms with E-state index in [4.69, 9.17) is 9.84 Å². The Morgan fingerprint density at radius 1 is 1.09 bits per heavy atom. The molecule has 0 bridgehead atoms. The molecule has 3 N–H and O–H groups in total. The van der Waals surface area contributed by atoms with E-state index in [1.807, 2.05) is 19.1 Å². The van der Waals surface area contributed by atoms with E-state index in [2.05, 4.69) is 57.2 Å². The van der Waals surface area contributed by atoms with Crippen LogP contribution in [0.5, 0.6) is 5.75 Å². The Labute approximate surface area is 209 Å². The van der Waals surface area contributed by atoms with Gasteiger partial charge < -0.3 is 20.1 Å². The molecule has 1 saturated carbocycles. The maximum atomic E-state index is 10.7. The number of hydrogen-bond acceptors (Lipinski definition) is 4. The van der Waals surface area contributed by atoms with Crippen LogP contribution >= 0.6 is 0 Å². The van der Waals surface area contributed by atoms with Gasteiger partial charge in [0.1, 0.15) is 12.4 Å². The minimum atomic E-state index is -0.921. The molecule has 0 saturated heterocycles. The van der Waals surface area contributed by atoms with Crippen LogP contribution in [-0.2, 0) is 10.2 Å². The summed E-state index contributed by atoms with van der Waals surface area (Å²) in [6.07, 6.45) is 7.96. The Morgan fingerprint density at radius 2 is 1.71 bits per heavy atom. The number of rotatable bonds is 12. The molecule has 2 aromatic rings. The maximum Gasteiger partial charge on any atom is 0.303 e. The maximum absolute atomic E-state index is 10.7. The molecule has 0 radical (unpaired) electrons. The lowest BCUT2D eigenvalue weighted by Crippen LogP contribution is -2.33. The Hall–Kier alpha value is -2.63. The van der Waals surface area contributed by atoms with Gasteiger partial charge in [0, 0.05) is 11.8 Å². The van der Waals surface area contributed by atoms with Gasteiger partial charge in [0.2, 0.25) is 0 Å². The lowest BCUT2D eigenvalue weighted by molar-refractivity contribution is -0.137. The van der Waals surface area contributed by atoms with Gasteiger partial charge in [-0.25, -0.2) is 0 Å².